The number of Topliss-reactive ketones (excluding diaryl/α,β-unsaturated/α-hetero) is 1. The largest absolute Gasteiger partial charge is 0.481 e. The first-order valence-electron chi connectivity index (χ1n) is 5.83. The summed E-state index contributed by atoms with van der Waals surface area (Å²) in [6.07, 6.45) is 0. The Hall–Kier alpha value is -2.63. The minimum atomic E-state index is -1.16. The van der Waals surface area contributed by atoms with Crippen LogP contribution in [-0.4, -0.2) is 23.5 Å². The third kappa shape index (κ3) is 2.54. The lowest BCUT2D eigenvalue weighted by molar-refractivity contribution is -0.139. The molecule has 0 aliphatic carbocycles. The topological polar surface area (TPSA) is 93.8 Å². The van der Waals surface area contributed by atoms with E-state index < -0.39 is 18.2 Å². The number of hydrogen-bond acceptors (Lipinski definition) is 5. The predicted molar refractivity (Wildman–Crippen MR) is 70.4 cm³/mol. The summed E-state index contributed by atoms with van der Waals surface area (Å²) in [6.45, 7) is 2.44. The number of aryl methyl sites for hydroxylation is 1. The van der Waals surface area contributed by atoms with E-state index in [2.05, 4.69) is 0 Å². The van der Waals surface area contributed by atoms with Crippen LogP contribution in [0.1, 0.15) is 22.8 Å². The van der Waals surface area contributed by atoms with Crippen LogP contribution in [0.2, 0.25) is 0 Å². The van der Waals surface area contributed by atoms with Gasteiger partial charge in [0, 0.05) is 11.5 Å². The van der Waals surface area contributed by atoms with Crippen molar-refractivity contribution in [1.82, 2.24) is 0 Å². The second-order valence-corrected chi connectivity index (χ2v) is 4.30. The van der Waals surface area contributed by atoms with Gasteiger partial charge >= 0.3 is 11.6 Å². The van der Waals surface area contributed by atoms with Gasteiger partial charge in [-0.3, -0.25) is 4.79 Å². The van der Waals surface area contributed by atoms with Crippen LogP contribution in [0.4, 0.5) is 0 Å². The molecule has 1 N–H and O–H groups in total. The first-order chi connectivity index (χ1) is 9.40. The second kappa shape index (κ2) is 5.16. The molecule has 0 radical (unpaired) electrons. The molecule has 6 heteroatoms. The van der Waals surface area contributed by atoms with Crippen LogP contribution < -0.4 is 10.4 Å². The molecule has 0 spiro atoms. The van der Waals surface area contributed by atoms with Gasteiger partial charge in [-0.15, -0.1) is 0 Å². The Morgan fingerprint density at radius 1 is 1.35 bits per heavy atom. The lowest BCUT2D eigenvalue weighted by atomic mass is 10.0. The predicted octanol–water partition coefficient (Wildman–Crippen LogP) is 1.77. The fourth-order valence-electron chi connectivity index (χ4n) is 1.96. The van der Waals surface area contributed by atoms with E-state index in [0.29, 0.717) is 10.9 Å². The zero-order valence-electron chi connectivity index (χ0n) is 10.9. The van der Waals surface area contributed by atoms with Crippen molar-refractivity contribution in [2.45, 2.75) is 13.8 Å². The van der Waals surface area contributed by atoms with Gasteiger partial charge < -0.3 is 14.3 Å². The summed E-state index contributed by atoms with van der Waals surface area (Å²) in [5, 5.41) is 9.23. The second-order valence-electron chi connectivity index (χ2n) is 4.30. The van der Waals surface area contributed by atoms with Crippen LogP contribution in [-0.2, 0) is 4.79 Å². The Bertz CT molecular complexity index is 756. The average molecular weight is 276 g/mol. The average Bonchev–Trinajstić information content (AvgIpc) is 2.34. The Morgan fingerprint density at radius 2 is 2.05 bits per heavy atom. The number of ketones is 1. The van der Waals surface area contributed by atoms with Crippen LogP contribution in [0, 0.1) is 6.92 Å². The number of benzene rings is 1. The number of aliphatic carboxylic acids is 1. The number of carboxylic acids is 1. The monoisotopic (exact) mass is 276 g/mol. The number of rotatable bonds is 4. The van der Waals surface area contributed by atoms with Crippen molar-refractivity contribution >= 4 is 22.7 Å². The summed E-state index contributed by atoms with van der Waals surface area (Å²) in [5.74, 6) is -1.45. The molecule has 0 fully saturated rings. The van der Waals surface area contributed by atoms with E-state index >= 15 is 0 Å². The molecule has 20 heavy (non-hydrogen) atoms. The minimum absolute atomic E-state index is 0.0737. The van der Waals surface area contributed by atoms with Crippen molar-refractivity contribution in [2.24, 2.45) is 0 Å². The third-order valence-electron chi connectivity index (χ3n) is 2.78. The van der Waals surface area contributed by atoms with Gasteiger partial charge in [-0.1, -0.05) is 0 Å². The maximum atomic E-state index is 11.8. The smallest absolute Gasteiger partial charge is 0.341 e. The highest BCUT2D eigenvalue weighted by Crippen LogP contribution is 2.29. The maximum absolute atomic E-state index is 11.8. The summed E-state index contributed by atoms with van der Waals surface area (Å²) in [4.78, 5) is 33.7. The molecule has 1 aromatic heterocycles. The van der Waals surface area contributed by atoms with Crippen molar-refractivity contribution in [2.75, 3.05) is 6.61 Å². The number of ether oxygens (including phenoxy) is 1. The Morgan fingerprint density at radius 3 is 2.65 bits per heavy atom. The molecule has 0 aliphatic heterocycles. The minimum Gasteiger partial charge on any atom is -0.481 e. The van der Waals surface area contributed by atoms with E-state index in [9.17, 15) is 14.4 Å². The fourth-order valence-corrected chi connectivity index (χ4v) is 1.96. The molecule has 6 nitrogen and oxygen atoms in total. The number of carboxylic acid groups (broad SMARTS) is 1. The van der Waals surface area contributed by atoms with E-state index in [1.54, 1.807) is 13.0 Å². The molecule has 2 aromatic rings. The molecular formula is C14H12O6. The van der Waals surface area contributed by atoms with Crippen molar-refractivity contribution in [3.8, 4) is 5.75 Å². The molecule has 2 rings (SSSR count). The van der Waals surface area contributed by atoms with Gasteiger partial charge in [0.05, 0.1) is 0 Å². The number of fused-ring (bicyclic) bond motifs is 1. The molecule has 0 saturated heterocycles. The quantitative estimate of drug-likeness (QED) is 0.675. The molecule has 1 aromatic carbocycles. The summed E-state index contributed by atoms with van der Waals surface area (Å²) in [5.41, 5.74) is 0.284. The molecule has 1 heterocycles. The summed E-state index contributed by atoms with van der Waals surface area (Å²) >= 11 is 0. The summed E-state index contributed by atoms with van der Waals surface area (Å²) < 4.78 is 10.1. The summed E-state index contributed by atoms with van der Waals surface area (Å²) in [7, 11) is 0. The first kappa shape index (κ1) is 13.8. The fraction of sp³-hybridized carbons (Fsp3) is 0.214. The Balaban J connectivity index is 2.71. The molecule has 0 aliphatic rings. The van der Waals surface area contributed by atoms with Gasteiger partial charge in [-0.05, 0) is 31.5 Å². The van der Waals surface area contributed by atoms with E-state index in [-0.39, 0.29) is 22.7 Å². The molecule has 0 atom stereocenters. The van der Waals surface area contributed by atoms with Crippen LogP contribution in [0.25, 0.3) is 11.0 Å². The normalized spacial score (nSPS) is 10.5. The molecular weight excluding hydrogens is 264 g/mol. The van der Waals surface area contributed by atoms with Gasteiger partial charge in [-0.25, -0.2) is 9.59 Å². The van der Waals surface area contributed by atoms with Crippen LogP contribution in [0.5, 0.6) is 5.75 Å². The molecule has 0 amide bonds. The van der Waals surface area contributed by atoms with Crippen molar-refractivity contribution in [3.05, 3.63) is 39.7 Å². The van der Waals surface area contributed by atoms with Crippen LogP contribution >= 0.6 is 0 Å². The van der Waals surface area contributed by atoms with Gasteiger partial charge in [0.2, 0.25) is 0 Å². The Kier molecular flexibility index (Phi) is 3.56. The lowest BCUT2D eigenvalue weighted by Crippen LogP contribution is -2.12. The van der Waals surface area contributed by atoms with Gasteiger partial charge in [0.25, 0.3) is 0 Å². The zero-order valence-corrected chi connectivity index (χ0v) is 10.9. The third-order valence-corrected chi connectivity index (χ3v) is 2.78. The molecule has 0 bridgehead atoms. The van der Waals surface area contributed by atoms with Gasteiger partial charge in [0.15, 0.2) is 18.0 Å². The molecule has 0 unspecified atom stereocenters. The first-order valence-corrected chi connectivity index (χ1v) is 5.83. The lowest BCUT2D eigenvalue weighted by Gasteiger charge is -2.10. The number of carbonyl (C=O) groups excluding carboxylic acids is 1. The van der Waals surface area contributed by atoms with E-state index in [1.807, 2.05) is 0 Å². The highest BCUT2D eigenvalue weighted by molar-refractivity contribution is 6.07. The Labute approximate surface area is 113 Å². The van der Waals surface area contributed by atoms with E-state index in [1.165, 1.54) is 19.1 Å². The number of hydrogen-bond donors (Lipinski definition) is 1. The standard InChI is InChI=1S/C14H12O6/c1-7-5-12(18)20-14-9(7)3-4-10(13(14)8(2)15)19-6-11(16)17/h3-5H,6H2,1-2H3,(H,16,17). The maximum Gasteiger partial charge on any atom is 0.341 e. The molecule has 104 valence electrons. The zero-order chi connectivity index (χ0) is 14.9. The highest BCUT2D eigenvalue weighted by atomic mass is 16.5. The van der Waals surface area contributed by atoms with E-state index in [0.717, 1.165) is 0 Å². The SMILES string of the molecule is CC(=O)c1c(OCC(=O)O)ccc2c(C)cc(=O)oc12. The molecule has 0 saturated carbocycles. The van der Waals surface area contributed by atoms with E-state index in [4.69, 9.17) is 14.3 Å². The van der Waals surface area contributed by atoms with Crippen LogP contribution in [0.15, 0.2) is 27.4 Å². The van der Waals surface area contributed by atoms with Gasteiger partial charge in [-0.2, -0.15) is 0 Å². The van der Waals surface area contributed by atoms with Crippen LogP contribution in [0.3, 0.4) is 0 Å². The van der Waals surface area contributed by atoms with Crippen molar-refractivity contribution in [3.63, 3.8) is 0 Å². The van der Waals surface area contributed by atoms with Gasteiger partial charge in [0.1, 0.15) is 11.3 Å². The highest BCUT2D eigenvalue weighted by Gasteiger charge is 2.17. The number of carbonyl (C=O) groups is 2. The van der Waals surface area contributed by atoms with Crippen molar-refractivity contribution in [1.29, 1.82) is 0 Å². The van der Waals surface area contributed by atoms with Crippen molar-refractivity contribution < 1.29 is 23.8 Å². The summed E-state index contributed by atoms with van der Waals surface area (Å²) in [6, 6.07) is 4.44.